The quantitative estimate of drug-likeness (QED) is 0.748. The summed E-state index contributed by atoms with van der Waals surface area (Å²) < 4.78 is 0. The summed E-state index contributed by atoms with van der Waals surface area (Å²) in [4.78, 5) is 0. The first kappa shape index (κ1) is 13.0. The molecule has 1 nitrogen and oxygen atoms in total. The zero-order valence-electron chi connectivity index (χ0n) is 11.3. The first-order valence-corrected chi connectivity index (χ1v) is 6.59. The highest BCUT2D eigenvalue weighted by Gasteiger charge is 2.34. The average molecular weight is 211 g/mol. The van der Waals surface area contributed by atoms with Crippen molar-refractivity contribution in [3.63, 3.8) is 0 Å². The van der Waals surface area contributed by atoms with Gasteiger partial charge in [-0.05, 0) is 62.4 Å². The predicted octanol–water partition coefficient (Wildman–Crippen LogP) is 3.69. The van der Waals surface area contributed by atoms with Crippen LogP contribution in [0.15, 0.2) is 0 Å². The Morgan fingerprint density at radius 3 is 2.47 bits per heavy atom. The highest BCUT2D eigenvalue weighted by molar-refractivity contribution is 4.86. The number of hydrogen-bond acceptors (Lipinski definition) is 1. The fraction of sp³-hybridized carbons (Fsp3) is 1.00. The molecule has 0 radical (unpaired) electrons. The lowest BCUT2D eigenvalue weighted by Gasteiger charge is -2.41. The Hall–Kier alpha value is -0.0400. The average Bonchev–Trinajstić information content (AvgIpc) is 2.08. The number of hydrogen-bond donors (Lipinski definition) is 1. The molecule has 2 unspecified atom stereocenters. The molecule has 2 atom stereocenters. The molecular formula is C14H29N. The van der Waals surface area contributed by atoms with E-state index in [1.54, 1.807) is 0 Å². The molecule has 0 amide bonds. The largest absolute Gasteiger partial charge is 0.319 e. The molecule has 1 aliphatic carbocycles. The molecule has 0 spiro atoms. The van der Waals surface area contributed by atoms with Crippen molar-refractivity contribution >= 4 is 0 Å². The van der Waals surface area contributed by atoms with Crippen molar-refractivity contribution in [2.24, 2.45) is 23.2 Å². The fourth-order valence-corrected chi connectivity index (χ4v) is 3.20. The van der Waals surface area contributed by atoms with Crippen LogP contribution < -0.4 is 5.32 Å². The molecule has 0 heterocycles. The Kier molecular flexibility index (Phi) is 4.64. The third kappa shape index (κ3) is 4.14. The molecule has 0 aromatic heterocycles. The molecule has 90 valence electrons. The smallest absolute Gasteiger partial charge is 0.00209 e. The van der Waals surface area contributed by atoms with E-state index in [1.807, 2.05) is 0 Å². The molecule has 15 heavy (non-hydrogen) atoms. The minimum Gasteiger partial charge on any atom is -0.319 e. The zero-order valence-corrected chi connectivity index (χ0v) is 11.3. The van der Waals surface area contributed by atoms with Crippen molar-refractivity contribution in [2.45, 2.75) is 53.4 Å². The predicted molar refractivity (Wildman–Crippen MR) is 68.0 cm³/mol. The molecule has 1 saturated carbocycles. The molecule has 1 aliphatic rings. The highest BCUT2D eigenvalue weighted by Crippen LogP contribution is 2.43. The summed E-state index contributed by atoms with van der Waals surface area (Å²) in [7, 11) is 2.09. The van der Waals surface area contributed by atoms with E-state index in [0.29, 0.717) is 5.41 Å². The standard InChI is InChI=1S/C14H29N/c1-11(2)8-13-9-14(3,4)7-6-12(13)10-15-5/h11-13,15H,6-10H2,1-5H3. The van der Waals surface area contributed by atoms with Crippen molar-refractivity contribution in [2.75, 3.05) is 13.6 Å². The van der Waals surface area contributed by atoms with Gasteiger partial charge in [0.05, 0.1) is 0 Å². The fourth-order valence-electron chi connectivity index (χ4n) is 3.20. The van der Waals surface area contributed by atoms with E-state index in [-0.39, 0.29) is 0 Å². The lowest BCUT2D eigenvalue weighted by molar-refractivity contribution is 0.102. The second kappa shape index (κ2) is 5.34. The Labute approximate surface area is 96.0 Å². The van der Waals surface area contributed by atoms with Crippen LogP contribution in [0.2, 0.25) is 0 Å². The maximum Gasteiger partial charge on any atom is -0.00209 e. The molecule has 0 aromatic rings. The van der Waals surface area contributed by atoms with Gasteiger partial charge in [-0.25, -0.2) is 0 Å². The minimum absolute atomic E-state index is 0.587. The zero-order chi connectivity index (χ0) is 11.5. The van der Waals surface area contributed by atoms with Gasteiger partial charge in [-0.2, -0.15) is 0 Å². The van der Waals surface area contributed by atoms with Crippen LogP contribution in [0.3, 0.4) is 0 Å². The summed E-state index contributed by atoms with van der Waals surface area (Å²) >= 11 is 0. The van der Waals surface area contributed by atoms with Crippen molar-refractivity contribution in [3.05, 3.63) is 0 Å². The maximum atomic E-state index is 3.37. The molecule has 1 fully saturated rings. The summed E-state index contributed by atoms with van der Waals surface area (Å²) in [6, 6.07) is 0. The van der Waals surface area contributed by atoms with Gasteiger partial charge in [0.2, 0.25) is 0 Å². The van der Waals surface area contributed by atoms with Crippen LogP contribution in [-0.4, -0.2) is 13.6 Å². The van der Waals surface area contributed by atoms with E-state index in [2.05, 4.69) is 40.1 Å². The minimum atomic E-state index is 0.587. The van der Waals surface area contributed by atoms with Crippen LogP contribution >= 0.6 is 0 Å². The van der Waals surface area contributed by atoms with E-state index in [4.69, 9.17) is 0 Å². The van der Waals surface area contributed by atoms with Gasteiger partial charge >= 0.3 is 0 Å². The van der Waals surface area contributed by atoms with Gasteiger partial charge in [0, 0.05) is 0 Å². The van der Waals surface area contributed by atoms with Crippen molar-refractivity contribution in [1.29, 1.82) is 0 Å². The molecule has 1 rings (SSSR count). The third-order valence-electron chi connectivity index (χ3n) is 3.91. The van der Waals surface area contributed by atoms with Crippen LogP contribution in [0.4, 0.5) is 0 Å². The van der Waals surface area contributed by atoms with Crippen LogP contribution in [0.5, 0.6) is 0 Å². The van der Waals surface area contributed by atoms with Gasteiger partial charge in [-0.15, -0.1) is 0 Å². The molecule has 0 bridgehead atoms. The van der Waals surface area contributed by atoms with E-state index < -0.39 is 0 Å². The van der Waals surface area contributed by atoms with Gasteiger partial charge in [0.15, 0.2) is 0 Å². The van der Waals surface area contributed by atoms with Crippen molar-refractivity contribution in [1.82, 2.24) is 5.32 Å². The van der Waals surface area contributed by atoms with Crippen LogP contribution in [0.1, 0.15) is 53.4 Å². The lowest BCUT2D eigenvalue weighted by atomic mass is 9.65. The summed E-state index contributed by atoms with van der Waals surface area (Å²) in [5, 5.41) is 3.37. The third-order valence-corrected chi connectivity index (χ3v) is 3.91. The van der Waals surface area contributed by atoms with Gasteiger partial charge in [0.1, 0.15) is 0 Å². The molecular weight excluding hydrogens is 182 g/mol. The number of nitrogens with one attached hydrogen (secondary N) is 1. The van der Waals surface area contributed by atoms with E-state index in [9.17, 15) is 0 Å². The maximum absolute atomic E-state index is 3.37. The molecule has 1 heteroatoms. The summed E-state index contributed by atoms with van der Waals surface area (Å²) in [5.41, 5.74) is 0.587. The van der Waals surface area contributed by atoms with Crippen molar-refractivity contribution < 1.29 is 0 Å². The Balaban J connectivity index is 2.56. The number of rotatable bonds is 4. The van der Waals surface area contributed by atoms with Crippen LogP contribution in [0.25, 0.3) is 0 Å². The monoisotopic (exact) mass is 211 g/mol. The second-order valence-corrected chi connectivity index (χ2v) is 6.61. The van der Waals surface area contributed by atoms with Gasteiger partial charge in [-0.1, -0.05) is 27.7 Å². The molecule has 0 aromatic carbocycles. The lowest BCUT2D eigenvalue weighted by Crippen LogP contribution is -2.35. The van der Waals surface area contributed by atoms with Gasteiger partial charge in [0.25, 0.3) is 0 Å². The molecule has 0 saturated heterocycles. The Morgan fingerprint density at radius 2 is 1.93 bits per heavy atom. The Bertz CT molecular complexity index is 184. The van der Waals surface area contributed by atoms with E-state index in [0.717, 1.165) is 17.8 Å². The van der Waals surface area contributed by atoms with Gasteiger partial charge < -0.3 is 5.32 Å². The van der Waals surface area contributed by atoms with Gasteiger partial charge in [-0.3, -0.25) is 0 Å². The van der Waals surface area contributed by atoms with Crippen LogP contribution in [0, 0.1) is 23.2 Å². The highest BCUT2D eigenvalue weighted by atomic mass is 14.8. The first-order valence-electron chi connectivity index (χ1n) is 6.59. The summed E-state index contributed by atoms with van der Waals surface area (Å²) in [6.07, 6.45) is 5.67. The molecule has 1 N–H and O–H groups in total. The van der Waals surface area contributed by atoms with Crippen LogP contribution in [-0.2, 0) is 0 Å². The Morgan fingerprint density at radius 1 is 1.27 bits per heavy atom. The molecule has 0 aliphatic heterocycles. The first-order chi connectivity index (χ1) is 6.94. The summed E-state index contributed by atoms with van der Waals surface area (Å²) in [6.45, 7) is 10.8. The topological polar surface area (TPSA) is 12.0 Å². The van der Waals surface area contributed by atoms with E-state index >= 15 is 0 Å². The van der Waals surface area contributed by atoms with E-state index in [1.165, 1.54) is 32.2 Å². The van der Waals surface area contributed by atoms with Crippen molar-refractivity contribution in [3.8, 4) is 0 Å². The normalized spacial score (nSPS) is 30.8. The SMILES string of the molecule is CNCC1CCC(C)(C)CC1CC(C)C. The second-order valence-electron chi connectivity index (χ2n) is 6.61. The summed E-state index contributed by atoms with van der Waals surface area (Å²) in [5.74, 6) is 2.72.